The van der Waals surface area contributed by atoms with Gasteiger partial charge in [0.05, 0.1) is 12.6 Å². The van der Waals surface area contributed by atoms with Gasteiger partial charge in [-0.15, -0.1) is 0 Å². The molecular weight excluding hydrogens is 242 g/mol. The van der Waals surface area contributed by atoms with Crippen molar-refractivity contribution in [3.63, 3.8) is 0 Å². The standard InChI is InChI=1S/C14H23N3O2/c1-10(17(4)14(2,3)9-18)13(19)16-12-7-5-11(15)6-8-12/h5-8,10,18H,9,15H2,1-4H3,(H,16,19). The van der Waals surface area contributed by atoms with Crippen LogP contribution in [-0.4, -0.2) is 41.1 Å². The monoisotopic (exact) mass is 265 g/mol. The van der Waals surface area contributed by atoms with E-state index < -0.39 is 5.54 Å². The van der Waals surface area contributed by atoms with Crippen LogP contribution in [0, 0.1) is 0 Å². The van der Waals surface area contributed by atoms with Gasteiger partial charge in [-0.2, -0.15) is 0 Å². The normalized spacial score (nSPS) is 13.4. The van der Waals surface area contributed by atoms with E-state index in [-0.39, 0.29) is 18.6 Å². The highest BCUT2D eigenvalue weighted by molar-refractivity contribution is 5.94. The van der Waals surface area contributed by atoms with Crippen molar-refractivity contribution in [2.75, 3.05) is 24.7 Å². The number of aliphatic hydroxyl groups excluding tert-OH is 1. The zero-order valence-corrected chi connectivity index (χ0v) is 12.0. The summed E-state index contributed by atoms with van der Waals surface area (Å²) in [6.07, 6.45) is 0. The van der Waals surface area contributed by atoms with Crippen LogP contribution >= 0.6 is 0 Å². The molecule has 5 heteroatoms. The Morgan fingerprint density at radius 2 is 1.95 bits per heavy atom. The molecule has 0 aliphatic rings. The van der Waals surface area contributed by atoms with Crippen molar-refractivity contribution < 1.29 is 9.90 Å². The first-order chi connectivity index (χ1) is 8.77. The number of nitrogens with two attached hydrogens (primary N) is 1. The second-order valence-electron chi connectivity index (χ2n) is 5.37. The lowest BCUT2D eigenvalue weighted by molar-refractivity contribution is -0.122. The van der Waals surface area contributed by atoms with Crippen LogP contribution in [0.1, 0.15) is 20.8 Å². The van der Waals surface area contributed by atoms with Gasteiger partial charge in [-0.3, -0.25) is 9.69 Å². The Kier molecular flexibility index (Phi) is 4.91. The average Bonchev–Trinajstić information content (AvgIpc) is 2.39. The van der Waals surface area contributed by atoms with Gasteiger partial charge in [-0.1, -0.05) is 0 Å². The average molecular weight is 265 g/mol. The molecule has 0 aliphatic carbocycles. The Bertz CT molecular complexity index is 429. The smallest absolute Gasteiger partial charge is 0.241 e. The molecule has 1 aromatic rings. The Balaban J connectivity index is 2.70. The van der Waals surface area contributed by atoms with Crippen molar-refractivity contribution >= 4 is 17.3 Å². The molecule has 19 heavy (non-hydrogen) atoms. The maximum absolute atomic E-state index is 12.1. The van der Waals surface area contributed by atoms with Crippen molar-refractivity contribution in [2.24, 2.45) is 0 Å². The predicted octanol–water partition coefficient (Wildman–Crippen LogP) is 1.30. The van der Waals surface area contributed by atoms with Crippen LogP contribution < -0.4 is 11.1 Å². The van der Waals surface area contributed by atoms with Crippen LogP contribution in [0.5, 0.6) is 0 Å². The summed E-state index contributed by atoms with van der Waals surface area (Å²) in [5.41, 5.74) is 6.51. The lowest BCUT2D eigenvalue weighted by atomic mass is 10.0. The summed E-state index contributed by atoms with van der Waals surface area (Å²) in [6.45, 7) is 5.58. The summed E-state index contributed by atoms with van der Waals surface area (Å²) in [5.74, 6) is -0.117. The number of hydrogen-bond donors (Lipinski definition) is 3. The molecule has 5 nitrogen and oxygen atoms in total. The quantitative estimate of drug-likeness (QED) is 0.701. The number of amides is 1. The molecule has 0 saturated carbocycles. The van der Waals surface area contributed by atoms with E-state index in [1.165, 1.54) is 0 Å². The highest BCUT2D eigenvalue weighted by atomic mass is 16.3. The number of anilines is 2. The predicted molar refractivity (Wildman–Crippen MR) is 77.9 cm³/mol. The first-order valence-corrected chi connectivity index (χ1v) is 6.28. The van der Waals surface area contributed by atoms with E-state index in [1.807, 2.05) is 32.7 Å². The molecule has 1 rings (SSSR count). The number of carbonyl (C=O) groups excluding carboxylic acids is 1. The lowest BCUT2D eigenvalue weighted by Gasteiger charge is -2.37. The van der Waals surface area contributed by atoms with Crippen molar-refractivity contribution in [2.45, 2.75) is 32.4 Å². The number of nitrogens with one attached hydrogen (secondary N) is 1. The van der Waals surface area contributed by atoms with Crippen LogP contribution in [0.3, 0.4) is 0 Å². The summed E-state index contributed by atoms with van der Waals surface area (Å²) in [6, 6.07) is 6.65. The number of carbonyl (C=O) groups is 1. The second kappa shape index (κ2) is 6.04. The molecule has 0 heterocycles. The van der Waals surface area contributed by atoms with Crippen LogP contribution in [0.15, 0.2) is 24.3 Å². The van der Waals surface area contributed by atoms with E-state index in [0.29, 0.717) is 11.4 Å². The molecule has 0 aliphatic heterocycles. The Morgan fingerprint density at radius 1 is 1.42 bits per heavy atom. The maximum Gasteiger partial charge on any atom is 0.241 e. The molecule has 0 bridgehead atoms. The highest BCUT2D eigenvalue weighted by Crippen LogP contribution is 2.17. The van der Waals surface area contributed by atoms with Gasteiger partial charge in [0.1, 0.15) is 0 Å². The van der Waals surface area contributed by atoms with E-state index in [9.17, 15) is 9.90 Å². The topological polar surface area (TPSA) is 78.6 Å². The number of rotatable bonds is 5. The molecule has 106 valence electrons. The fourth-order valence-electron chi connectivity index (χ4n) is 1.62. The van der Waals surface area contributed by atoms with Crippen molar-refractivity contribution in [1.29, 1.82) is 0 Å². The second-order valence-corrected chi connectivity index (χ2v) is 5.37. The molecule has 4 N–H and O–H groups in total. The number of aliphatic hydroxyl groups is 1. The van der Waals surface area contributed by atoms with Gasteiger partial charge >= 0.3 is 0 Å². The number of nitrogen functional groups attached to an aromatic ring is 1. The third-order valence-electron chi connectivity index (χ3n) is 3.48. The van der Waals surface area contributed by atoms with Crippen LogP contribution in [0.25, 0.3) is 0 Å². The van der Waals surface area contributed by atoms with Crippen molar-refractivity contribution in [3.8, 4) is 0 Å². The Labute approximate surface area is 114 Å². The zero-order chi connectivity index (χ0) is 14.6. The van der Waals surface area contributed by atoms with E-state index in [4.69, 9.17) is 5.73 Å². The van der Waals surface area contributed by atoms with E-state index in [0.717, 1.165) is 0 Å². The lowest BCUT2D eigenvalue weighted by Crippen LogP contribution is -2.52. The Hall–Kier alpha value is -1.59. The van der Waals surface area contributed by atoms with Gasteiger partial charge in [0, 0.05) is 16.9 Å². The van der Waals surface area contributed by atoms with E-state index in [1.54, 1.807) is 24.3 Å². The molecule has 0 aromatic heterocycles. The third kappa shape index (κ3) is 3.94. The molecule has 0 radical (unpaired) electrons. The first kappa shape index (κ1) is 15.5. The van der Waals surface area contributed by atoms with E-state index >= 15 is 0 Å². The maximum atomic E-state index is 12.1. The molecular formula is C14H23N3O2. The van der Waals surface area contributed by atoms with Crippen molar-refractivity contribution in [3.05, 3.63) is 24.3 Å². The van der Waals surface area contributed by atoms with Crippen LogP contribution in [-0.2, 0) is 4.79 Å². The largest absolute Gasteiger partial charge is 0.399 e. The molecule has 0 fully saturated rings. The zero-order valence-electron chi connectivity index (χ0n) is 12.0. The minimum absolute atomic E-state index is 0.0109. The Morgan fingerprint density at radius 3 is 2.42 bits per heavy atom. The third-order valence-corrected chi connectivity index (χ3v) is 3.48. The molecule has 0 spiro atoms. The van der Waals surface area contributed by atoms with Crippen molar-refractivity contribution in [1.82, 2.24) is 4.90 Å². The van der Waals surface area contributed by atoms with Crippen LogP contribution in [0.4, 0.5) is 11.4 Å². The molecule has 1 aromatic carbocycles. The number of hydrogen-bond acceptors (Lipinski definition) is 4. The minimum atomic E-state index is -0.447. The summed E-state index contributed by atoms with van der Waals surface area (Å²) >= 11 is 0. The fourth-order valence-corrected chi connectivity index (χ4v) is 1.62. The summed E-state index contributed by atoms with van der Waals surface area (Å²) in [5, 5.41) is 12.2. The minimum Gasteiger partial charge on any atom is -0.399 e. The van der Waals surface area contributed by atoms with Gasteiger partial charge in [0.25, 0.3) is 0 Å². The van der Waals surface area contributed by atoms with Crippen LogP contribution in [0.2, 0.25) is 0 Å². The van der Waals surface area contributed by atoms with E-state index in [2.05, 4.69) is 5.32 Å². The molecule has 0 saturated heterocycles. The number of benzene rings is 1. The molecule has 1 amide bonds. The SMILES string of the molecule is CC(C(=O)Nc1ccc(N)cc1)N(C)C(C)(C)CO. The van der Waals surface area contributed by atoms with Gasteiger partial charge in [-0.05, 0) is 52.1 Å². The fraction of sp³-hybridized carbons (Fsp3) is 0.500. The molecule has 1 unspecified atom stereocenters. The van der Waals surface area contributed by atoms with Gasteiger partial charge in [0.15, 0.2) is 0 Å². The number of likely N-dealkylation sites (N-methyl/N-ethyl adjacent to an activating group) is 1. The molecule has 1 atom stereocenters. The van der Waals surface area contributed by atoms with Gasteiger partial charge in [0.2, 0.25) is 5.91 Å². The number of nitrogens with zero attached hydrogens (tertiary/aromatic N) is 1. The summed E-state index contributed by atoms with van der Waals surface area (Å²) < 4.78 is 0. The van der Waals surface area contributed by atoms with Gasteiger partial charge in [-0.25, -0.2) is 0 Å². The van der Waals surface area contributed by atoms with Gasteiger partial charge < -0.3 is 16.2 Å². The summed E-state index contributed by atoms with van der Waals surface area (Å²) in [7, 11) is 1.82. The summed E-state index contributed by atoms with van der Waals surface area (Å²) in [4.78, 5) is 14.0. The first-order valence-electron chi connectivity index (χ1n) is 6.28. The highest BCUT2D eigenvalue weighted by Gasteiger charge is 2.30.